The molecule has 2 aliphatic rings. The second-order valence-corrected chi connectivity index (χ2v) is 5.70. The molecule has 0 aromatic heterocycles. The van der Waals surface area contributed by atoms with E-state index in [1.54, 1.807) is 0 Å². The van der Waals surface area contributed by atoms with E-state index in [0.717, 1.165) is 25.7 Å². The fourth-order valence-corrected chi connectivity index (χ4v) is 2.68. The maximum absolute atomic E-state index is 8.70. The van der Waals surface area contributed by atoms with Gasteiger partial charge >= 0.3 is 0 Å². The third kappa shape index (κ3) is 5.22. The average Bonchev–Trinajstić information content (AvgIpc) is 2.41. The molecule has 0 radical (unpaired) electrons. The van der Waals surface area contributed by atoms with Crippen LogP contribution in [0.1, 0.15) is 71.1 Å². The van der Waals surface area contributed by atoms with Crippen molar-refractivity contribution in [2.45, 2.75) is 71.1 Å². The van der Waals surface area contributed by atoms with Gasteiger partial charge in [0.15, 0.2) is 0 Å². The van der Waals surface area contributed by atoms with E-state index >= 15 is 0 Å². The van der Waals surface area contributed by atoms with Crippen molar-refractivity contribution in [2.75, 3.05) is 0 Å². The lowest BCUT2D eigenvalue weighted by Crippen LogP contribution is -2.16. The van der Waals surface area contributed by atoms with Gasteiger partial charge in [-0.1, -0.05) is 38.5 Å². The SMILES string of the molecule is CC1(C#N)CCCCC1.N#CC1CCCCC1. The Balaban J connectivity index is 0.000000171. The molecule has 0 aromatic carbocycles. The first-order valence-corrected chi connectivity index (χ1v) is 7.01. The molecule has 0 saturated heterocycles. The Bertz CT molecular complexity index is 283. The number of hydrogen-bond donors (Lipinski definition) is 0. The highest BCUT2D eigenvalue weighted by atomic mass is 14.4. The highest BCUT2D eigenvalue weighted by Crippen LogP contribution is 2.34. The Morgan fingerprint density at radius 2 is 1.41 bits per heavy atom. The highest BCUT2D eigenvalue weighted by Gasteiger charge is 2.25. The van der Waals surface area contributed by atoms with Crippen LogP contribution in [0.15, 0.2) is 0 Å². The van der Waals surface area contributed by atoms with Crippen LogP contribution in [0.5, 0.6) is 0 Å². The smallest absolute Gasteiger partial charge is 0.0686 e. The maximum Gasteiger partial charge on any atom is 0.0686 e. The summed E-state index contributed by atoms with van der Waals surface area (Å²) in [5, 5.41) is 17.1. The Hall–Kier alpha value is -1.02. The van der Waals surface area contributed by atoms with Gasteiger partial charge in [0.1, 0.15) is 0 Å². The standard InChI is InChI=1S/C8H13N.C7H11N/c1-8(7-9)5-3-2-4-6-8;8-6-7-4-2-1-3-5-7/h2-6H2,1H3;7H,1-5H2. The van der Waals surface area contributed by atoms with E-state index in [-0.39, 0.29) is 5.41 Å². The molecule has 0 spiro atoms. The molecule has 2 fully saturated rings. The van der Waals surface area contributed by atoms with E-state index in [2.05, 4.69) is 19.1 Å². The Morgan fingerprint density at radius 3 is 1.76 bits per heavy atom. The minimum absolute atomic E-state index is 0.0260. The molecule has 0 bridgehead atoms. The lowest BCUT2D eigenvalue weighted by Gasteiger charge is -2.25. The molecule has 94 valence electrons. The molecule has 17 heavy (non-hydrogen) atoms. The third-order valence-electron chi connectivity index (χ3n) is 4.01. The van der Waals surface area contributed by atoms with Gasteiger partial charge in [-0.25, -0.2) is 0 Å². The second kappa shape index (κ2) is 7.33. The van der Waals surface area contributed by atoms with Crippen LogP contribution in [0.3, 0.4) is 0 Å². The van der Waals surface area contributed by atoms with Crippen LogP contribution in [0.25, 0.3) is 0 Å². The van der Waals surface area contributed by atoms with E-state index in [1.165, 1.54) is 38.5 Å². The molecular formula is C15H24N2. The van der Waals surface area contributed by atoms with E-state index < -0.39 is 0 Å². The summed E-state index contributed by atoms with van der Waals surface area (Å²) in [5.74, 6) is 0.392. The van der Waals surface area contributed by atoms with Crippen LogP contribution in [0.4, 0.5) is 0 Å². The Morgan fingerprint density at radius 1 is 0.882 bits per heavy atom. The monoisotopic (exact) mass is 232 g/mol. The molecule has 2 saturated carbocycles. The molecule has 0 aromatic rings. The molecule has 0 amide bonds. The minimum Gasteiger partial charge on any atom is -0.198 e. The summed E-state index contributed by atoms with van der Waals surface area (Å²) in [6.45, 7) is 2.08. The molecule has 0 atom stereocenters. The summed E-state index contributed by atoms with van der Waals surface area (Å²) < 4.78 is 0. The molecule has 0 N–H and O–H groups in total. The largest absolute Gasteiger partial charge is 0.198 e. The fourth-order valence-electron chi connectivity index (χ4n) is 2.68. The lowest BCUT2D eigenvalue weighted by molar-refractivity contribution is 0.296. The molecule has 2 rings (SSSR count). The first-order chi connectivity index (χ1) is 8.20. The molecule has 0 heterocycles. The van der Waals surface area contributed by atoms with Gasteiger partial charge < -0.3 is 0 Å². The summed E-state index contributed by atoms with van der Waals surface area (Å²) in [6.07, 6.45) is 12.3. The predicted molar refractivity (Wildman–Crippen MR) is 69.0 cm³/mol. The highest BCUT2D eigenvalue weighted by molar-refractivity contribution is 4.96. The van der Waals surface area contributed by atoms with Gasteiger partial charge in [0.05, 0.1) is 17.6 Å². The molecule has 2 heteroatoms. The van der Waals surface area contributed by atoms with Crippen molar-refractivity contribution in [3.05, 3.63) is 0 Å². The van der Waals surface area contributed by atoms with Crippen molar-refractivity contribution in [3.63, 3.8) is 0 Å². The predicted octanol–water partition coefficient (Wildman–Crippen LogP) is 4.57. The van der Waals surface area contributed by atoms with Crippen LogP contribution in [-0.2, 0) is 0 Å². The average molecular weight is 232 g/mol. The van der Waals surface area contributed by atoms with Gasteiger partial charge in [-0.2, -0.15) is 10.5 Å². The van der Waals surface area contributed by atoms with Crippen molar-refractivity contribution in [2.24, 2.45) is 11.3 Å². The van der Waals surface area contributed by atoms with Crippen molar-refractivity contribution in [3.8, 4) is 12.1 Å². The molecule has 2 nitrogen and oxygen atoms in total. The van der Waals surface area contributed by atoms with Crippen LogP contribution in [0, 0.1) is 34.0 Å². The first-order valence-electron chi connectivity index (χ1n) is 7.01. The van der Waals surface area contributed by atoms with Crippen LogP contribution < -0.4 is 0 Å². The van der Waals surface area contributed by atoms with Gasteiger partial charge in [-0.15, -0.1) is 0 Å². The van der Waals surface area contributed by atoms with Gasteiger partial charge in [-0.05, 0) is 32.6 Å². The summed E-state index contributed by atoms with van der Waals surface area (Å²) in [7, 11) is 0. The van der Waals surface area contributed by atoms with Gasteiger partial charge in [0.25, 0.3) is 0 Å². The normalized spacial score (nSPS) is 23.7. The van der Waals surface area contributed by atoms with Crippen molar-refractivity contribution < 1.29 is 0 Å². The van der Waals surface area contributed by atoms with Gasteiger partial charge in [0, 0.05) is 5.92 Å². The molecule has 2 aliphatic carbocycles. The van der Waals surface area contributed by atoms with Crippen LogP contribution >= 0.6 is 0 Å². The topological polar surface area (TPSA) is 47.6 Å². The lowest BCUT2D eigenvalue weighted by atomic mass is 9.77. The van der Waals surface area contributed by atoms with Crippen molar-refractivity contribution >= 4 is 0 Å². The zero-order valence-electron chi connectivity index (χ0n) is 11.0. The Kier molecular flexibility index (Phi) is 6.06. The van der Waals surface area contributed by atoms with Crippen molar-refractivity contribution in [1.82, 2.24) is 0 Å². The molecule has 0 aliphatic heterocycles. The van der Waals surface area contributed by atoms with E-state index in [4.69, 9.17) is 10.5 Å². The van der Waals surface area contributed by atoms with E-state index in [1.807, 2.05) is 0 Å². The first kappa shape index (κ1) is 14.0. The summed E-state index contributed by atoms with van der Waals surface area (Å²) >= 11 is 0. The van der Waals surface area contributed by atoms with E-state index in [0.29, 0.717) is 5.92 Å². The third-order valence-corrected chi connectivity index (χ3v) is 4.01. The summed E-state index contributed by atoms with van der Waals surface area (Å²) in [4.78, 5) is 0. The Labute approximate surface area is 106 Å². The number of hydrogen-bond acceptors (Lipinski definition) is 2. The zero-order valence-corrected chi connectivity index (χ0v) is 11.0. The number of nitriles is 2. The van der Waals surface area contributed by atoms with Crippen LogP contribution in [0.2, 0.25) is 0 Å². The molecular weight excluding hydrogens is 208 g/mol. The van der Waals surface area contributed by atoms with Gasteiger partial charge in [0.2, 0.25) is 0 Å². The zero-order chi connectivity index (χ0) is 12.6. The second-order valence-electron chi connectivity index (χ2n) is 5.70. The number of rotatable bonds is 0. The van der Waals surface area contributed by atoms with Gasteiger partial charge in [-0.3, -0.25) is 0 Å². The molecule has 0 unspecified atom stereocenters. The van der Waals surface area contributed by atoms with Crippen LogP contribution in [-0.4, -0.2) is 0 Å². The quantitative estimate of drug-likeness (QED) is 0.614. The maximum atomic E-state index is 8.70. The summed E-state index contributed by atoms with van der Waals surface area (Å²) in [6, 6.07) is 4.68. The fraction of sp³-hybridized carbons (Fsp3) is 0.867. The van der Waals surface area contributed by atoms with E-state index in [9.17, 15) is 0 Å². The van der Waals surface area contributed by atoms with Crippen molar-refractivity contribution in [1.29, 1.82) is 10.5 Å². The summed E-state index contributed by atoms with van der Waals surface area (Å²) in [5.41, 5.74) is 0.0260. The number of nitrogens with zero attached hydrogens (tertiary/aromatic N) is 2. The minimum atomic E-state index is 0.0260.